The minimum atomic E-state index is -0.198. The highest BCUT2D eigenvalue weighted by atomic mass is 19.1. The van der Waals surface area contributed by atoms with Crippen molar-refractivity contribution in [2.75, 3.05) is 6.54 Å². The van der Waals surface area contributed by atoms with Gasteiger partial charge >= 0.3 is 0 Å². The number of furan rings is 1. The van der Waals surface area contributed by atoms with Crippen LogP contribution >= 0.6 is 0 Å². The molecule has 0 amide bonds. The van der Waals surface area contributed by atoms with Crippen molar-refractivity contribution in [2.24, 2.45) is 0 Å². The van der Waals surface area contributed by atoms with Crippen LogP contribution in [0, 0.1) is 5.82 Å². The first-order chi connectivity index (χ1) is 8.25. The average molecular weight is 233 g/mol. The van der Waals surface area contributed by atoms with E-state index in [-0.39, 0.29) is 11.9 Å². The van der Waals surface area contributed by atoms with Crippen molar-refractivity contribution in [1.82, 2.24) is 5.32 Å². The molecule has 90 valence electrons. The highest BCUT2D eigenvalue weighted by Crippen LogP contribution is 2.12. The summed E-state index contributed by atoms with van der Waals surface area (Å²) >= 11 is 0. The number of hydrogen-bond acceptors (Lipinski definition) is 2. The summed E-state index contributed by atoms with van der Waals surface area (Å²) in [6.45, 7) is 2.90. The Hall–Kier alpha value is -1.61. The monoisotopic (exact) mass is 233 g/mol. The molecule has 0 bridgehead atoms. The average Bonchev–Trinajstić information content (AvgIpc) is 2.83. The molecule has 1 N–H and O–H groups in total. The van der Waals surface area contributed by atoms with Gasteiger partial charge < -0.3 is 9.73 Å². The van der Waals surface area contributed by atoms with Crippen LogP contribution in [-0.2, 0) is 6.42 Å². The molecule has 0 radical (unpaired) electrons. The quantitative estimate of drug-likeness (QED) is 0.857. The molecule has 0 aliphatic carbocycles. The van der Waals surface area contributed by atoms with Gasteiger partial charge in [-0.05, 0) is 36.8 Å². The molecule has 3 heteroatoms. The topological polar surface area (TPSA) is 25.2 Å². The van der Waals surface area contributed by atoms with Gasteiger partial charge in [-0.2, -0.15) is 0 Å². The summed E-state index contributed by atoms with van der Waals surface area (Å²) in [7, 11) is 0. The first kappa shape index (κ1) is 11.9. The zero-order valence-corrected chi connectivity index (χ0v) is 9.82. The molecular weight excluding hydrogens is 217 g/mol. The van der Waals surface area contributed by atoms with Crippen molar-refractivity contribution in [3.05, 3.63) is 59.8 Å². The summed E-state index contributed by atoms with van der Waals surface area (Å²) in [6.07, 6.45) is 2.54. The van der Waals surface area contributed by atoms with Gasteiger partial charge in [0, 0.05) is 19.0 Å². The lowest BCUT2D eigenvalue weighted by Gasteiger charge is -2.13. The normalized spacial score (nSPS) is 12.6. The summed E-state index contributed by atoms with van der Waals surface area (Å²) in [5, 5.41) is 3.37. The second kappa shape index (κ2) is 5.64. The summed E-state index contributed by atoms with van der Waals surface area (Å²) in [6, 6.07) is 10.6. The summed E-state index contributed by atoms with van der Waals surface area (Å²) in [5.41, 5.74) is 1.09. The molecule has 1 aromatic carbocycles. The fourth-order valence-electron chi connectivity index (χ4n) is 1.74. The lowest BCUT2D eigenvalue weighted by Crippen LogP contribution is -2.21. The van der Waals surface area contributed by atoms with Crippen molar-refractivity contribution in [3.8, 4) is 0 Å². The van der Waals surface area contributed by atoms with E-state index in [0.717, 1.165) is 24.3 Å². The van der Waals surface area contributed by atoms with Gasteiger partial charge in [-0.3, -0.25) is 0 Å². The van der Waals surface area contributed by atoms with Crippen molar-refractivity contribution < 1.29 is 8.81 Å². The SMILES string of the molecule is CC(NCCc1ccco1)c1ccc(F)cc1. The Labute approximate surface area is 100 Å². The number of rotatable bonds is 5. The maximum atomic E-state index is 12.8. The van der Waals surface area contributed by atoms with E-state index in [2.05, 4.69) is 12.2 Å². The van der Waals surface area contributed by atoms with Crippen LogP contribution in [0.1, 0.15) is 24.3 Å². The Kier molecular flexibility index (Phi) is 3.94. The summed E-state index contributed by atoms with van der Waals surface area (Å²) in [5.74, 6) is 0.778. The van der Waals surface area contributed by atoms with E-state index in [1.54, 1.807) is 18.4 Å². The van der Waals surface area contributed by atoms with Gasteiger partial charge in [0.2, 0.25) is 0 Å². The van der Waals surface area contributed by atoms with Crippen LogP contribution in [0.3, 0.4) is 0 Å². The van der Waals surface area contributed by atoms with Gasteiger partial charge in [-0.15, -0.1) is 0 Å². The lowest BCUT2D eigenvalue weighted by molar-refractivity contribution is 0.486. The Balaban J connectivity index is 1.81. The van der Waals surface area contributed by atoms with Gasteiger partial charge in [-0.25, -0.2) is 4.39 Å². The predicted molar refractivity (Wildman–Crippen MR) is 65.2 cm³/mol. The molecule has 0 spiro atoms. The third-order valence-electron chi connectivity index (χ3n) is 2.77. The molecule has 2 nitrogen and oxygen atoms in total. The van der Waals surface area contributed by atoms with Crippen LogP contribution < -0.4 is 5.32 Å². The summed E-state index contributed by atoms with van der Waals surface area (Å²) < 4.78 is 18.0. The Morgan fingerprint density at radius 2 is 2.00 bits per heavy atom. The molecule has 2 aromatic rings. The molecule has 0 aliphatic heterocycles. The molecule has 0 saturated carbocycles. The zero-order valence-electron chi connectivity index (χ0n) is 9.82. The smallest absolute Gasteiger partial charge is 0.123 e. The Morgan fingerprint density at radius 3 is 2.65 bits per heavy atom. The fourth-order valence-corrected chi connectivity index (χ4v) is 1.74. The van der Waals surface area contributed by atoms with E-state index in [0.29, 0.717) is 0 Å². The van der Waals surface area contributed by atoms with Gasteiger partial charge in [0.1, 0.15) is 11.6 Å². The van der Waals surface area contributed by atoms with Crippen LogP contribution in [0.4, 0.5) is 4.39 Å². The fraction of sp³-hybridized carbons (Fsp3) is 0.286. The molecule has 2 rings (SSSR count). The number of hydrogen-bond donors (Lipinski definition) is 1. The van der Waals surface area contributed by atoms with Gasteiger partial charge in [-0.1, -0.05) is 12.1 Å². The zero-order chi connectivity index (χ0) is 12.1. The molecule has 17 heavy (non-hydrogen) atoms. The van der Waals surface area contributed by atoms with E-state index < -0.39 is 0 Å². The predicted octanol–water partition coefficient (Wildman–Crippen LogP) is 3.31. The van der Waals surface area contributed by atoms with Gasteiger partial charge in [0.15, 0.2) is 0 Å². The Morgan fingerprint density at radius 1 is 1.24 bits per heavy atom. The Bertz CT molecular complexity index is 436. The molecule has 1 aromatic heterocycles. The molecule has 1 heterocycles. The second-order valence-corrected chi connectivity index (χ2v) is 4.06. The number of nitrogens with one attached hydrogen (secondary N) is 1. The number of halogens is 1. The minimum absolute atomic E-state index is 0.198. The molecule has 1 atom stereocenters. The first-order valence-electron chi connectivity index (χ1n) is 5.77. The van der Waals surface area contributed by atoms with Crippen molar-refractivity contribution >= 4 is 0 Å². The van der Waals surface area contributed by atoms with E-state index in [1.165, 1.54) is 12.1 Å². The van der Waals surface area contributed by atoms with Crippen LogP contribution in [0.15, 0.2) is 47.1 Å². The molecule has 0 aliphatic rings. The third-order valence-corrected chi connectivity index (χ3v) is 2.77. The van der Waals surface area contributed by atoms with E-state index >= 15 is 0 Å². The van der Waals surface area contributed by atoms with Crippen molar-refractivity contribution in [1.29, 1.82) is 0 Å². The van der Waals surface area contributed by atoms with Crippen LogP contribution in [0.25, 0.3) is 0 Å². The third kappa shape index (κ3) is 3.43. The van der Waals surface area contributed by atoms with E-state index in [9.17, 15) is 4.39 Å². The largest absolute Gasteiger partial charge is 0.469 e. The van der Waals surface area contributed by atoms with Gasteiger partial charge in [0.05, 0.1) is 6.26 Å². The minimum Gasteiger partial charge on any atom is -0.469 e. The maximum absolute atomic E-state index is 12.8. The standard InChI is InChI=1S/C14H16FNO/c1-11(12-4-6-13(15)7-5-12)16-9-8-14-3-2-10-17-14/h2-7,10-11,16H,8-9H2,1H3. The van der Waals surface area contributed by atoms with Crippen LogP contribution in [-0.4, -0.2) is 6.54 Å². The van der Waals surface area contributed by atoms with Gasteiger partial charge in [0.25, 0.3) is 0 Å². The highest BCUT2D eigenvalue weighted by molar-refractivity contribution is 5.19. The van der Waals surface area contributed by atoms with E-state index in [1.807, 2.05) is 12.1 Å². The van der Waals surface area contributed by atoms with Crippen molar-refractivity contribution in [2.45, 2.75) is 19.4 Å². The van der Waals surface area contributed by atoms with Crippen LogP contribution in [0.2, 0.25) is 0 Å². The molecule has 0 saturated heterocycles. The number of benzene rings is 1. The second-order valence-electron chi connectivity index (χ2n) is 4.06. The maximum Gasteiger partial charge on any atom is 0.123 e. The van der Waals surface area contributed by atoms with E-state index in [4.69, 9.17) is 4.42 Å². The first-order valence-corrected chi connectivity index (χ1v) is 5.77. The van der Waals surface area contributed by atoms with Crippen LogP contribution in [0.5, 0.6) is 0 Å². The molecule has 1 unspecified atom stereocenters. The molecular formula is C14H16FNO. The van der Waals surface area contributed by atoms with Crippen molar-refractivity contribution in [3.63, 3.8) is 0 Å². The highest BCUT2D eigenvalue weighted by Gasteiger charge is 2.04. The summed E-state index contributed by atoms with van der Waals surface area (Å²) in [4.78, 5) is 0. The lowest BCUT2D eigenvalue weighted by atomic mass is 10.1. The molecule has 0 fully saturated rings.